The topological polar surface area (TPSA) is 72.7 Å². The Kier molecular flexibility index (Phi) is 2.04. The number of hydrogen-bond donors (Lipinski definition) is 0. The molecule has 17 heavy (non-hydrogen) atoms. The third-order valence-corrected chi connectivity index (χ3v) is 2.95. The fourth-order valence-electron chi connectivity index (χ4n) is 2.01. The first-order valence-corrected chi connectivity index (χ1v) is 5.40. The van der Waals surface area contributed by atoms with E-state index < -0.39 is 4.92 Å². The standard InChI is InChI=1S/C11H10N2O4/c14-11-6-17-10-5-8(13(15)16)3-4-9(10)12(11)7-1-2-7/h3-5,7H,1-2,6H2. The van der Waals surface area contributed by atoms with Crippen molar-refractivity contribution in [1.82, 2.24) is 0 Å². The lowest BCUT2D eigenvalue weighted by Gasteiger charge is -2.29. The molecule has 1 fully saturated rings. The van der Waals surface area contributed by atoms with Crippen LogP contribution >= 0.6 is 0 Å². The van der Waals surface area contributed by atoms with E-state index in [0.29, 0.717) is 11.4 Å². The zero-order valence-corrected chi connectivity index (χ0v) is 8.96. The molecule has 0 radical (unpaired) electrons. The highest BCUT2D eigenvalue weighted by Gasteiger charge is 2.38. The second-order valence-electron chi connectivity index (χ2n) is 4.19. The number of carbonyl (C=O) groups is 1. The Morgan fingerprint density at radius 2 is 2.18 bits per heavy atom. The molecule has 0 bridgehead atoms. The molecule has 3 rings (SSSR count). The molecule has 0 saturated heterocycles. The maximum atomic E-state index is 11.7. The summed E-state index contributed by atoms with van der Waals surface area (Å²) in [5.41, 5.74) is 0.628. The van der Waals surface area contributed by atoms with E-state index in [4.69, 9.17) is 4.74 Å². The maximum absolute atomic E-state index is 11.7. The average Bonchev–Trinajstić information content (AvgIpc) is 3.12. The number of non-ortho nitro benzene ring substituents is 1. The minimum Gasteiger partial charge on any atom is -0.481 e. The van der Waals surface area contributed by atoms with E-state index in [2.05, 4.69) is 0 Å². The number of nitrogens with zero attached hydrogens (tertiary/aromatic N) is 2. The highest BCUT2D eigenvalue weighted by molar-refractivity contribution is 5.99. The van der Waals surface area contributed by atoms with Gasteiger partial charge >= 0.3 is 0 Å². The van der Waals surface area contributed by atoms with Crippen molar-refractivity contribution in [3.63, 3.8) is 0 Å². The summed E-state index contributed by atoms with van der Waals surface area (Å²) < 4.78 is 5.24. The van der Waals surface area contributed by atoms with Crippen LogP contribution < -0.4 is 9.64 Å². The van der Waals surface area contributed by atoms with E-state index in [1.807, 2.05) is 0 Å². The van der Waals surface area contributed by atoms with E-state index in [0.717, 1.165) is 12.8 Å². The smallest absolute Gasteiger partial charge is 0.273 e. The van der Waals surface area contributed by atoms with Gasteiger partial charge in [0.2, 0.25) is 0 Å². The van der Waals surface area contributed by atoms with Crippen LogP contribution in [0, 0.1) is 10.1 Å². The number of nitro groups is 1. The van der Waals surface area contributed by atoms with Gasteiger partial charge in [-0.3, -0.25) is 14.9 Å². The zero-order chi connectivity index (χ0) is 12.0. The van der Waals surface area contributed by atoms with Gasteiger partial charge < -0.3 is 9.64 Å². The Labute approximate surface area is 96.9 Å². The Bertz CT molecular complexity index is 510. The highest BCUT2D eigenvalue weighted by atomic mass is 16.6. The zero-order valence-electron chi connectivity index (χ0n) is 8.96. The lowest BCUT2D eigenvalue weighted by molar-refractivity contribution is -0.384. The van der Waals surface area contributed by atoms with Gasteiger partial charge in [-0.05, 0) is 18.9 Å². The van der Waals surface area contributed by atoms with E-state index in [1.54, 1.807) is 11.0 Å². The first-order valence-electron chi connectivity index (χ1n) is 5.40. The number of benzene rings is 1. The van der Waals surface area contributed by atoms with Crippen LogP contribution in [-0.2, 0) is 4.79 Å². The molecule has 1 aromatic rings. The molecule has 6 nitrogen and oxygen atoms in total. The van der Waals surface area contributed by atoms with Crippen LogP contribution in [0.1, 0.15) is 12.8 Å². The van der Waals surface area contributed by atoms with Gasteiger partial charge in [0.1, 0.15) is 0 Å². The number of hydrogen-bond acceptors (Lipinski definition) is 4. The first-order chi connectivity index (χ1) is 8.16. The molecule has 0 aromatic heterocycles. The molecule has 1 amide bonds. The summed E-state index contributed by atoms with van der Waals surface area (Å²) in [4.78, 5) is 23.6. The van der Waals surface area contributed by atoms with E-state index in [-0.39, 0.29) is 24.2 Å². The van der Waals surface area contributed by atoms with Crippen molar-refractivity contribution in [3.8, 4) is 5.75 Å². The lowest BCUT2D eigenvalue weighted by Crippen LogP contribution is -2.40. The summed E-state index contributed by atoms with van der Waals surface area (Å²) in [5, 5.41) is 10.6. The molecule has 0 atom stereocenters. The van der Waals surface area contributed by atoms with Crippen molar-refractivity contribution in [2.24, 2.45) is 0 Å². The fraction of sp³-hybridized carbons (Fsp3) is 0.364. The van der Waals surface area contributed by atoms with Crippen molar-refractivity contribution in [1.29, 1.82) is 0 Å². The molecule has 1 heterocycles. The molecule has 1 saturated carbocycles. The summed E-state index contributed by atoms with van der Waals surface area (Å²) in [6.45, 7) is -0.0370. The SMILES string of the molecule is O=C1COc2cc([N+](=O)[O-])ccc2N1C1CC1. The molecule has 1 aromatic carbocycles. The molecule has 6 heteroatoms. The van der Waals surface area contributed by atoms with Crippen LogP contribution in [0.4, 0.5) is 11.4 Å². The largest absolute Gasteiger partial charge is 0.481 e. The second kappa shape index (κ2) is 3.44. The highest BCUT2D eigenvalue weighted by Crippen LogP contribution is 2.41. The number of fused-ring (bicyclic) bond motifs is 1. The minimum atomic E-state index is -0.471. The van der Waals surface area contributed by atoms with Crippen LogP contribution in [0.5, 0.6) is 5.75 Å². The molecule has 0 spiro atoms. The Morgan fingerprint density at radius 1 is 1.41 bits per heavy atom. The number of rotatable bonds is 2. The van der Waals surface area contributed by atoms with Crippen molar-refractivity contribution in [3.05, 3.63) is 28.3 Å². The quantitative estimate of drug-likeness (QED) is 0.574. The predicted octanol–water partition coefficient (Wildman–Crippen LogP) is 1.48. The molecule has 88 valence electrons. The van der Waals surface area contributed by atoms with Gasteiger partial charge in [0.15, 0.2) is 12.4 Å². The third kappa shape index (κ3) is 1.61. The number of nitro benzene ring substituents is 1. The van der Waals surface area contributed by atoms with Crippen molar-refractivity contribution in [2.75, 3.05) is 11.5 Å². The van der Waals surface area contributed by atoms with E-state index in [9.17, 15) is 14.9 Å². The van der Waals surface area contributed by atoms with E-state index in [1.165, 1.54) is 12.1 Å². The van der Waals surface area contributed by atoms with Gasteiger partial charge in [-0.15, -0.1) is 0 Å². The average molecular weight is 234 g/mol. The van der Waals surface area contributed by atoms with Gasteiger partial charge in [-0.1, -0.05) is 0 Å². The summed E-state index contributed by atoms with van der Waals surface area (Å²) in [5.74, 6) is 0.347. The Morgan fingerprint density at radius 3 is 2.82 bits per heavy atom. The number of amides is 1. The summed E-state index contributed by atoms with van der Waals surface area (Å²) in [6, 6.07) is 4.60. The number of ether oxygens (including phenoxy) is 1. The number of carbonyl (C=O) groups excluding carboxylic acids is 1. The van der Waals surface area contributed by atoms with Gasteiger partial charge in [-0.2, -0.15) is 0 Å². The number of anilines is 1. The maximum Gasteiger partial charge on any atom is 0.273 e. The first kappa shape index (κ1) is 10.1. The lowest BCUT2D eigenvalue weighted by atomic mass is 10.2. The van der Waals surface area contributed by atoms with Gasteiger partial charge in [0.05, 0.1) is 16.7 Å². The van der Waals surface area contributed by atoms with Gasteiger partial charge in [0, 0.05) is 12.1 Å². The predicted molar refractivity (Wildman–Crippen MR) is 59.1 cm³/mol. The van der Waals surface area contributed by atoms with Crippen molar-refractivity contribution >= 4 is 17.3 Å². The minimum absolute atomic E-state index is 0.0196. The summed E-state index contributed by atoms with van der Waals surface area (Å²) in [7, 11) is 0. The third-order valence-electron chi connectivity index (χ3n) is 2.95. The van der Waals surface area contributed by atoms with Gasteiger partial charge in [-0.25, -0.2) is 0 Å². The Hall–Kier alpha value is -2.11. The monoisotopic (exact) mass is 234 g/mol. The van der Waals surface area contributed by atoms with Gasteiger partial charge in [0.25, 0.3) is 11.6 Å². The molecule has 2 aliphatic rings. The van der Waals surface area contributed by atoms with Crippen LogP contribution in [0.15, 0.2) is 18.2 Å². The van der Waals surface area contributed by atoms with Crippen molar-refractivity contribution in [2.45, 2.75) is 18.9 Å². The Balaban J connectivity index is 2.04. The second-order valence-corrected chi connectivity index (χ2v) is 4.19. The fourth-order valence-corrected chi connectivity index (χ4v) is 2.01. The van der Waals surface area contributed by atoms with Crippen LogP contribution in [0.3, 0.4) is 0 Å². The van der Waals surface area contributed by atoms with Crippen LogP contribution in [-0.4, -0.2) is 23.5 Å². The normalized spacial score (nSPS) is 18.6. The molecular weight excluding hydrogens is 224 g/mol. The molecule has 1 aliphatic heterocycles. The van der Waals surface area contributed by atoms with Crippen LogP contribution in [0.25, 0.3) is 0 Å². The molecule has 0 N–H and O–H groups in total. The van der Waals surface area contributed by atoms with E-state index >= 15 is 0 Å². The summed E-state index contributed by atoms with van der Waals surface area (Å²) >= 11 is 0. The molecule has 1 aliphatic carbocycles. The molecule has 0 unspecified atom stereocenters. The molecular formula is C11H10N2O4. The van der Waals surface area contributed by atoms with Crippen molar-refractivity contribution < 1.29 is 14.5 Å². The summed E-state index contributed by atoms with van der Waals surface area (Å²) in [6.07, 6.45) is 1.98. The van der Waals surface area contributed by atoms with Crippen LogP contribution in [0.2, 0.25) is 0 Å².